The molecule has 0 bridgehead atoms. The fourth-order valence-electron chi connectivity index (χ4n) is 6.02. The van der Waals surface area contributed by atoms with E-state index < -0.39 is 41.8 Å². The Kier molecular flexibility index (Phi) is 8.45. The van der Waals surface area contributed by atoms with Crippen molar-refractivity contribution in [3.8, 4) is 16.8 Å². The van der Waals surface area contributed by atoms with Gasteiger partial charge in [0.05, 0.1) is 18.1 Å². The number of aromatic nitrogens is 1. The van der Waals surface area contributed by atoms with E-state index in [0.717, 1.165) is 0 Å². The van der Waals surface area contributed by atoms with E-state index in [1.807, 2.05) is 48.7 Å². The number of carboxylic acid groups (broad SMARTS) is 1. The van der Waals surface area contributed by atoms with Crippen LogP contribution in [-0.4, -0.2) is 44.8 Å². The molecule has 1 aromatic heterocycles. The highest BCUT2D eigenvalue weighted by atomic mass is 19.1. The number of carbonyl (C=O) groups is 3. The zero-order valence-electron chi connectivity index (χ0n) is 23.9. The molecule has 9 heteroatoms. The average molecular weight is 585 g/mol. The number of primary amides is 1. The highest BCUT2D eigenvalue weighted by molar-refractivity contribution is 5.99. The molecule has 43 heavy (non-hydrogen) atoms. The molecule has 8 nitrogen and oxygen atoms in total. The van der Waals surface area contributed by atoms with Crippen LogP contribution in [0.5, 0.6) is 0 Å². The van der Waals surface area contributed by atoms with Gasteiger partial charge in [-0.15, -0.1) is 0 Å². The number of nitrogens with zero attached hydrogens (tertiary/aromatic N) is 1. The molecule has 0 aliphatic carbocycles. The maximum atomic E-state index is 14.0. The van der Waals surface area contributed by atoms with Crippen molar-refractivity contribution in [1.82, 2.24) is 4.57 Å². The standard InChI is InChI=1S/C34H33FN2O6/c1-19(2)32-31(34(41)42)30(21-6-4-3-5-7-21)27(37(32)24-14-10-22(11-15-24)33(36)40)18-26(20-8-12-23(35)13-9-20)28-16-25(38)17-29(39)43-28/h3-15,19,25-26,28,38H,16-18H2,1-2H3,(H2,36,40)(H,41,42)/t25-,26?,28-/m1/s1. The second kappa shape index (κ2) is 12.2. The zero-order chi connectivity index (χ0) is 30.8. The molecular formula is C34H33FN2O6. The summed E-state index contributed by atoms with van der Waals surface area (Å²) in [5.41, 5.74) is 9.58. The van der Waals surface area contributed by atoms with E-state index >= 15 is 0 Å². The molecule has 1 amide bonds. The number of hydrogen-bond donors (Lipinski definition) is 3. The first-order valence-electron chi connectivity index (χ1n) is 14.1. The Morgan fingerprint density at radius 2 is 1.67 bits per heavy atom. The Morgan fingerprint density at radius 1 is 1.02 bits per heavy atom. The van der Waals surface area contributed by atoms with E-state index in [1.54, 1.807) is 36.4 Å². The minimum Gasteiger partial charge on any atom is -0.478 e. The van der Waals surface area contributed by atoms with E-state index in [2.05, 4.69) is 0 Å². The number of carbonyl (C=O) groups excluding carboxylic acids is 2. The predicted octanol–water partition coefficient (Wildman–Crippen LogP) is 5.60. The summed E-state index contributed by atoms with van der Waals surface area (Å²) in [5.74, 6) is -3.45. The van der Waals surface area contributed by atoms with Crippen molar-refractivity contribution in [3.05, 3.63) is 113 Å². The number of amides is 1. The first kappa shape index (κ1) is 29.7. The van der Waals surface area contributed by atoms with Gasteiger partial charge in [0.2, 0.25) is 5.91 Å². The molecule has 3 atom stereocenters. The number of nitrogens with two attached hydrogens (primary N) is 1. The van der Waals surface area contributed by atoms with Crippen LogP contribution < -0.4 is 5.73 Å². The van der Waals surface area contributed by atoms with Gasteiger partial charge in [0, 0.05) is 40.5 Å². The van der Waals surface area contributed by atoms with Crippen LogP contribution in [0.3, 0.4) is 0 Å². The number of esters is 1. The van der Waals surface area contributed by atoms with Crippen LogP contribution in [0.4, 0.5) is 4.39 Å². The number of cyclic esters (lactones) is 1. The molecule has 1 fully saturated rings. The van der Waals surface area contributed by atoms with Crippen molar-refractivity contribution in [2.45, 2.75) is 57.2 Å². The summed E-state index contributed by atoms with van der Waals surface area (Å²) >= 11 is 0. The number of ether oxygens (including phenoxy) is 1. The normalized spacial score (nSPS) is 17.5. The van der Waals surface area contributed by atoms with Gasteiger partial charge in [-0.25, -0.2) is 9.18 Å². The minimum absolute atomic E-state index is 0.120. The lowest BCUT2D eigenvalue weighted by molar-refractivity contribution is -0.161. The summed E-state index contributed by atoms with van der Waals surface area (Å²) in [7, 11) is 0. The largest absolute Gasteiger partial charge is 0.478 e. The van der Waals surface area contributed by atoms with Crippen LogP contribution in [-0.2, 0) is 16.0 Å². The molecule has 2 heterocycles. The fourth-order valence-corrected chi connectivity index (χ4v) is 6.02. The van der Waals surface area contributed by atoms with Crippen LogP contribution in [0.15, 0.2) is 78.9 Å². The van der Waals surface area contributed by atoms with E-state index in [4.69, 9.17) is 10.5 Å². The second-order valence-corrected chi connectivity index (χ2v) is 11.1. The van der Waals surface area contributed by atoms with Crippen LogP contribution in [0.1, 0.15) is 76.2 Å². The third kappa shape index (κ3) is 6.08. The fraction of sp³-hybridized carbons (Fsp3) is 0.265. The van der Waals surface area contributed by atoms with Crippen molar-refractivity contribution >= 4 is 17.8 Å². The number of hydrogen-bond acceptors (Lipinski definition) is 5. The van der Waals surface area contributed by atoms with Gasteiger partial charge >= 0.3 is 11.9 Å². The zero-order valence-corrected chi connectivity index (χ0v) is 23.9. The van der Waals surface area contributed by atoms with Crippen LogP contribution in [0.2, 0.25) is 0 Å². The predicted molar refractivity (Wildman–Crippen MR) is 159 cm³/mol. The molecule has 1 aliphatic heterocycles. The van der Waals surface area contributed by atoms with E-state index in [1.165, 1.54) is 12.1 Å². The molecule has 1 saturated heterocycles. The number of carboxylic acids is 1. The smallest absolute Gasteiger partial charge is 0.338 e. The second-order valence-electron chi connectivity index (χ2n) is 11.1. The minimum atomic E-state index is -1.10. The first-order valence-corrected chi connectivity index (χ1v) is 14.1. The number of benzene rings is 3. The summed E-state index contributed by atoms with van der Waals surface area (Å²) in [5, 5.41) is 21.1. The van der Waals surface area contributed by atoms with Gasteiger partial charge < -0.3 is 25.3 Å². The van der Waals surface area contributed by atoms with Crippen LogP contribution in [0, 0.1) is 5.82 Å². The van der Waals surface area contributed by atoms with Gasteiger partial charge in [0.1, 0.15) is 11.9 Å². The Hall–Kier alpha value is -4.76. The lowest BCUT2D eigenvalue weighted by atomic mass is 9.83. The van der Waals surface area contributed by atoms with Crippen LogP contribution >= 0.6 is 0 Å². The van der Waals surface area contributed by atoms with Crippen molar-refractivity contribution in [1.29, 1.82) is 0 Å². The van der Waals surface area contributed by atoms with Crippen molar-refractivity contribution in [3.63, 3.8) is 0 Å². The number of aromatic carboxylic acids is 1. The average Bonchev–Trinajstić information content (AvgIpc) is 3.32. The van der Waals surface area contributed by atoms with Gasteiger partial charge in [0.15, 0.2) is 0 Å². The van der Waals surface area contributed by atoms with Crippen molar-refractivity contribution in [2.75, 3.05) is 0 Å². The molecule has 0 spiro atoms. The maximum Gasteiger partial charge on any atom is 0.338 e. The number of aliphatic hydroxyl groups excluding tert-OH is 1. The van der Waals surface area contributed by atoms with Crippen molar-refractivity contribution < 1.29 is 33.7 Å². The van der Waals surface area contributed by atoms with Gasteiger partial charge in [-0.1, -0.05) is 56.3 Å². The van der Waals surface area contributed by atoms with E-state index in [9.17, 15) is 29.0 Å². The Balaban J connectivity index is 1.81. The van der Waals surface area contributed by atoms with Gasteiger partial charge in [0.25, 0.3) is 0 Å². The van der Waals surface area contributed by atoms with E-state index in [0.29, 0.717) is 39.3 Å². The third-order valence-electron chi connectivity index (χ3n) is 7.89. The molecule has 1 unspecified atom stereocenters. The molecule has 3 aromatic carbocycles. The molecule has 1 aliphatic rings. The summed E-state index contributed by atoms with van der Waals surface area (Å²) in [6, 6.07) is 21.7. The monoisotopic (exact) mass is 584 g/mol. The van der Waals surface area contributed by atoms with Gasteiger partial charge in [-0.3, -0.25) is 9.59 Å². The third-order valence-corrected chi connectivity index (χ3v) is 7.89. The summed E-state index contributed by atoms with van der Waals surface area (Å²) in [4.78, 5) is 37.3. The summed E-state index contributed by atoms with van der Waals surface area (Å²) < 4.78 is 21.7. The molecule has 0 radical (unpaired) electrons. The topological polar surface area (TPSA) is 132 Å². The number of aliphatic hydroxyl groups is 1. The summed E-state index contributed by atoms with van der Waals surface area (Å²) in [6.07, 6.45) is -1.42. The van der Waals surface area contributed by atoms with Crippen molar-refractivity contribution in [2.24, 2.45) is 5.73 Å². The molecule has 0 saturated carbocycles. The Labute approximate surface area is 248 Å². The first-order chi connectivity index (χ1) is 20.5. The highest BCUT2D eigenvalue weighted by Gasteiger charge is 2.37. The molecule has 4 N–H and O–H groups in total. The number of rotatable bonds is 9. The Morgan fingerprint density at radius 3 is 2.23 bits per heavy atom. The van der Waals surface area contributed by atoms with Gasteiger partial charge in [-0.2, -0.15) is 0 Å². The lowest BCUT2D eigenvalue weighted by Crippen LogP contribution is -2.37. The quantitative estimate of drug-likeness (QED) is 0.220. The summed E-state index contributed by atoms with van der Waals surface area (Å²) in [6.45, 7) is 3.82. The molecule has 222 valence electrons. The van der Waals surface area contributed by atoms with E-state index in [-0.39, 0.29) is 30.7 Å². The van der Waals surface area contributed by atoms with Crippen LogP contribution in [0.25, 0.3) is 16.8 Å². The molecule has 4 aromatic rings. The number of halogens is 1. The highest BCUT2D eigenvalue weighted by Crippen LogP contribution is 2.42. The Bertz CT molecular complexity index is 1650. The molecule has 5 rings (SSSR count). The SMILES string of the molecule is CC(C)c1c(C(=O)O)c(-c2ccccc2)c(CC(c2ccc(F)cc2)[C@H]2C[C@@H](O)CC(=O)O2)n1-c1ccc(C(N)=O)cc1. The molecular weight excluding hydrogens is 551 g/mol. The maximum absolute atomic E-state index is 14.0. The lowest BCUT2D eigenvalue weighted by Gasteiger charge is -2.33. The van der Waals surface area contributed by atoms with Gasteiger partial charge in [-0.05, 0) is 59.9 Å².